The lowest BCUT2D eigenvalue weighted by Crippen LogP contribution is -2.34. The summed E-state index contributed by atoms with van der Waals surface area (Å²) in [6.45, 7) is 3.78. The quantitative estimate of drug-likeness (QED) is 0.847. The van der Waals surface area contributed by atoms with E-state index in [1.165, 1.54) is 30.6 Å². The number of hydrogen-bond acceptors (Lipinski definition) is 5. The lowest BCUT2D eigenvalue weighted by molar-refractivity contribution is 0.0690. The van der Waals surface area contributed by atoms with Gasteiger partial charge in [0.2, 0.25) is 0 Å². The maximum Gasteiger partial charge on any atom is 0.355 e. The Morgan fingerprint density at radius 3 is 2.69 bits per heavy atom. The second-order valence-corrected chi connectivity index (χ2v) is 5.09. The minimum atomic E-state index is -0.958. The number of nitrogens with one attached hydrogen (secondary N) is 1. The number of aryl methyl sites for hydroxylation is 1. The topological polar surface area (TPSA) is 65.5 Å². The van der Waals surface area contributed by atoms with E-state index in [4.69, 9.17) is 5.11 Å². The Bertz CT molecular complexity index is 385. The maximum absolute atomic E-state index is 10.8. The fourth-order valence-corrected chi connectivity index (χ4v) is 2.61. The number of aromatic nitrogens is 1. The van der Waals surface area contributed by atoms with E-state index in [1.54, 1.807) is 6.92 Å². The van der Waals surface area contributed by atoms with Crippen molar-refractivity contribution in [1.29, 1.82) is 0 Å². The molecule has 0 bridgehead atoms. The Hall–Kier alpha value is -1.14. The molecular formula is C10H15N3O2S. The Balaban J connectivity index is 2.03. The lowest BCUT2D eigenvalue weighted by Gasteiger charge is -2.26. The van der Waals surface area contributed by atoms with Crippen LogP contribution in [-0.2, 0) is 0 Å². The molecule has 16 heavy (non-hydrogen) atoms. The molecule has 0 radical (unpaired) electrons. The second-order valence-electron chi connectivity index (χ2n) is 3.89. The van der Waals surface area contributed by atoms with E-state index in [0.29, 0.717) is 5.13 Å². The summed E-state index contributed by atoms with van der Waals surface area (Å²) in [6, 6.07) is 0. The number of anilines is 1. The van der Waals surface area contributed by atoms with Crippen LogP contribution in [0.2, 0.25) is 0 Å². The Labute approximate surface area is 98.1 Å². The van der Waals surface area contributed by atoms with E-state index < -0.39 is 5.97 Å². The van der Waals surface area contributed by atoms with Gasteiger partial charge in [-0.15, -0.1) is 11.3 Å². The number of carboxylic acids is 1. The molecule has 2 rings (SSSR count). The summed E-state index contributed by atoms with van der Waals surface area (Å²) in [7, 11) is 0. The van der Waals surface area contributed by atoms with Gasteiger partial charge in [0.25, 0.3) is 0 Å². The van der Waals surface area contributed by atoms with Crippen molar-refractivity contribution >= 4 is 22.4 Å². The van der Waals surface area contributed by atoms with Crippen LogP contribution in [0.4, 0.5) is 5.13 Å². The first-order valence-electron chi connectivity index (χ1n) is 5.39. The lowest BCUT2D eigenvalue weighted by atomic mass is 10.2. The SMILES string of the molecule is Cc1sc(NN2CCCCC2)nc1C(=O)O. The molecule has 1 aliphatic rings. The molecule has 0 aromatic carbocycles. The fourth-order valence-electron chi connectivity index (χ4n) is 1.78. The van der Waals surface area contributed by atoms with Crippen molar-refractivity contribution < 1.29 is 9.90 Å². The predicted molar refractivity (Wildman–Crippen MR) is 62.9 cm³/mol. The van der Waals surface area contributed by atoms with E-state index in [9.17, 15) is 4.79 Å². The molecule has 1 fully saturated rings. The van der Waals surface area contributed by atoms with E-state index in [-0.39, 0.29) is 5.69 Å². The van der Waals surface area contributed by atoms with Crippen molar-refractivity contribution in [2.24, 2.45) is 0 Å². The standard InChI is InChI=1S/C10H15N3O2S/c1-7-8(9(14)15)11-10(16-7)12-13-5-3-2-4-6-13/h2-6H2,1H3,(H,11,12)(H,14,15). The number of thiazole rings is 1. The number of hydrogen-bond donors (Lipinski definition) is 2. The predicted octanol–water partition coefficient (Wildman–Crippen LogP) is 1.96. The molecule has 1 saturated heterocycles. The summed E-state index contributed by atoms with van der Waals surface area (Å²) < 4.78 is 0. The summed E-state index contributed by atoms with van der Waals surface area (Å²) in [4.78, 5) is 15.6. The van der Waals surface area contributed by atoms with Crippen molar-refractivity contribution in [3.63, 3.8) is 0 Å². The van der Waals surface area contributed by atoms with Gasteiger partial charge >= 0.3 is 5.97 Å². The molecule has 1 aromatic heterocycles. The third-order valence-corrected chi connectivity index (χ3v) is 3.48. The molecule has 0 atom stereocenters. The van der Waals surface area contributed by atoms with Gasteiger partial charge in [0.15, 0.2) is 10.8 Å². The highest BCUT2D eigenvalue weighted by Crippen LogP contribution is 2.23. The van der Waals surface area contributed by atoms with Gasteiger partial charge in [-0.1, -0.05) is 6.42 Å². The molecule has 1 aliphatic heterocycles. The van der Waals surface area contributed by atoms with Gasteiger partial charge in [0.05, 0.1) is 0 Å². The number of nitrogens with zero attached hydrogens (tertiary/aromatic N) is 2. The first-order chi connectivity index (χ1) is 7.66. The van der Waals surface area contributed by atoms with Crippen LogP contribution in [0.5, 0.6) is 0 Å². The Morgan fingerprint density at radius 1 is 1.44 bits per heavy atom. The summed E-state index contributed by atoms with van der Waals surface area (Å²) >= 11 is 1.39. The number of piperidine rings is 1. The normalized spacial score (nSPS) is 17.3. The second kappa shape index (κ2) is 4.80. The van der Waals surface area contributed by atoms with Crippen LogP contribution in [0.15, 0.2) is 0 Å². The summed E-state index contributed by atoms with van der Waals surface area (Å²) in [5.41, 5.74) is 3.33. The summed E-state index contributed by atoms with van der Waals surface area (Å²) in [5.74, 6) is -0.958. The van der Waals surface area contributed by atoms with Gasteiger partial charge in [-0.05, 0) is 19.8 Å². The molecule has 88 valence electrons. The van der Waals surface area contributed by atoms with Gasteiger partial charge in [0.1, 0.15) is 0 Å². The molecule has 5 nitrogen and oxygen atoms in total. The van der Waals surface area contributed by atoms with Crippen LogP contribution in [-0.4, -0.2) is 34.2 Å². The molecule has 0 saturated carbocycles. The minimum absolute atomic E-state index is 0.157. The van der Waals surface area contributed by atoms with Crippen molar-refractivity contribution in [1.82, 2.24) is 9.99 Å². The van der Waals surface area contributed by atoms with Crippen LogP contribution >= 0.6 is 11.3 Å². The summed E-state index contributed by atoms with van der Waals surface area (Å²) in [6.07, 6.45) is 3.64. The zero-order valence-corrected chi connectivity index (χ0v) is 10.0. The highest BCUT2D eigenvalue weighted by molar-refractivity contribution is 7.15. The van der Waals surface area contributed by atoms with Crippen molar-refractivity contribution in [2.45, 2.75) is 26.2 Å². The zero-order chi connectivity index (χ0) is 11.5. The average molecular weight is 241 g/mol. The van der Waals surface area contributed by atoms with Crippen LogP contribution in [0, 0.1) is 6.92 Å². The van der Waals surface area contributed by atoms with Gasteiger partial charge in [-0.2, -0.15) is 0 Å². The fraction of sp³-hybridized carbons (Fsp3) is 0.600. The van der Waals surface area contributed by atoms with Crippen LogP contribution in [0.25, 0.3) is 0 Å². The molecule has 6 heteroatoms. The molecule has 0 amide bonds. The average Bonchev–Trinajstić information content (AvgIpc) is 2.61. The molecule has 0 spiro atoms. The third kappa shape index (κ3) is 2.51. The number of hydrazine groups is 1. The Kier molecular flexibility index (Phi) is 3.40. The molecule has 0 aliphatic carbocycles. The van der Waals surface area contributed by atoms with Gasteiger partial charge in [0, 0.05) is 18.0 Å². The van der Waals surface area contributed by atoms with E-state index in [1.807, 2.05) is 0 Å². The minimum Gasteiger partial charge on any atom is -0.476 e. The third-order valence-electron chi connectivity index (χ3n) is 2.61. The van der Waals surface area contributed by atoms with Gasteiger partial charge < -0.3 is 5.11 Å². The molecule has 2 N–H and O–H groups in total. The summed E-state index contributed by atoms with van der Waals surface area (Å²) in [5, 5.41) is 11.7. The largest absolute Gasteiger partial charge is 0.476 e. The number of aromatic carboxylic acids is 1. The van der Waals surface area contributed by atoms with Crippen LogP contribution in [0.1, 0.15) is 34.6 Å². The smallest absolute Gasteiger partial charge is 0.355 e. The van der Waals surface area contributed by atoms with Crippen LogP contribution < -0.4 is 5.43 Å². The van der Waals surface area contributed by atoms with E-state index in [2.05, 4.69) is 15.4 Å². The molecule has 0 unspecified atom stereocenters. The number of carboxylic acid groups (broad SMARTS) is 1. The van der Waals surface area contributed by atoms with Crippen molar-refractivity contribution in [3.05, 3.63) is 10.6 Å². The monoisotopic (exact) mass is 241 g/mol. The van der Waals surface area contributed by atoms with Crippen LogP contribution in [0.3, 0.4) is 0 Å². The number of carbonyl (C=O) groups is 1. The van der Waals surface area contributed by atoms with Gasteiger partial charge in [-0.3, -0.25) is 5.43 Å². The van der Waals surface area contributed by atoms with Crippen molar-refractivity contribution in [3.8, 4) is 0 Å². The Morgan fingerprint density at radius 2 is 2.12 bits per heavy atom. The highest BCUT2D eigenvalue weighted by Gasteiger charge is 2.16. The molecular weight excluding hydrogens is 226 g/mol. The maximum atomic E-state index is 10.8. The van der Waals surface area contributed by atoms with E-state index in [0.717, 1.165) is 18.0 Å². The van der Waals surface area contributed by atoms with Crippen molar-refractivity contribution in [2.75, 3.05) is 18.5 Å². The first-order valence-corrected chi connectivity index (χ1v) is 6.21. The zero-order valence-electron chi connectivity index (χ0n) is 9.19. The number of rotatable bonds is 3. The molecule has 1 aromatic rings. The highest BCUT2D eigenvalue weighted by atomic mass is 32.1. The van der Waals surface area contributed by atoms with E-state index >= 15 is 0 Å². The molecule has 2 heterocycles. The first kappa shape index (κ1) is 11.3. The van der Waals surface area contributed by atoms with Gasteiger partial charge in [-0.25, -0.2) is 14.8 Å².